The van der Waals surface area contributed by atoms with Crippen molar-refractivity contribution in [3.63, 3.8) is 0 Å². The predicted octanol–water partition coefficient (Wildman–Crippen LogP) is 1.28. The maximum atomic E-state index is 4.32. The molecule has 112 valence electrons. The van der Waals surface area contributed by atoms with E-state index in [1.165, 1.54) is 19.4 Å². The number of anilines is 1. The van der Waals surface area contributed by atoms with Crippen molar-refractivity contribution in [2.45, 2.75) is 19.4 Å². The molecule has 1 aliphatic rings. The number of aromatic nitrogens is 4. The molecule has 0 unspecified atom stereocenters. The number of rotatable bonds is 6. The molecule has 0 aromatic carbocycles. The van der Waals surface area contributed by atoms with Crippen LogP contribution in [0, 0.1) is 0 Å². The molecule has 0 amide bonds. The van der Waals surface area contributed by atoms with Crippen LogP contribution >= 0.6 is 0 Å². The highest BCUT2D eigenvalue weighted by Gasteiger charge is 2.17. The molecule has 0 saturated carbocycles. The van der Waals surface area contributed by atoms with Crippen molar-refractivity contribution in [2.24, 2.45) is 0 Å². The summed E-state index contributed by atoms with van der Waals surface area (Å²) >= 11 is 0. The van der Waals surface area contributed by atoms with Crippen molar-refractivity contribution in [3.05, 3.63) is 36.9 Å². The molecule has 1 fully saturated rings. The van der Waals surface area contributed by atoms with Gasteiger partial charge in [0.15, 0.2) is 0 Å². The summed E-state index contributed by atoms with van der Waals surface area (Å²) < 4.78 is 2.00. The highest BCUT2D eigenvalue weighted by atomic mass is 15.3. The average Bonchev–Trinajstić information content (AvgIpc) is 3.06. The van der Waals surface area contributed by atoms with Gasteiger partial charge in [-0.1, -0.05) is 0 Å². The van der Waals surface area contributed by atoms with E-state index in [0.717, 1.165) is 38.7 Å². The van der Waals surface area contributed by atoms with Crippen LogP contribution in [0.15, 0.2) is 36.9 Å². The van der Waals surface area contributed by atoms with E-state index in [-0.39, 0.29) is 0 Å². The molecule has 0 bridgehead atoms. The molecule has 2 aromatic heterocycles. The van der Waals surface area contributed by atoms with Crippen LogP contribution in [-0.2, 0) is 6.54 Å². The maximum Gasteiger partial charge on any atom is 0.225 e. The monoisotopic (exact) mass is 286 g/mol. The summed E-state index contributed by atoms with van der Waals surface area (Å²) in [6, 6.07) is 3.84. The van der Waals surface area contributed by atoms with E-state index in [4.69, 9.17) is 0 Å². The molecule has 0 radical (unpaired) electrons. The van der Waals surface area contributed by atoms with E-state index in [1.54, 1.807) is 0 Å². The summed E-state index contributed by atoms with van der Waals surface area (Å²) in [7, 11) is 0. The van der Waals surface area contributed by atoms with Crippen LogP contribution in [0.5, 0.6) is 0 Å². The van der Waals surface area contributed by atoms with Gasteiger partial charge in [-0.25, -0.2) is 9.97 Å². The molecule has 0 N–H and O–H groups in total. The van der Waals surface area contributed by atoms with Gasteiger partial charge in [-0.2, -0.15) is 5.10 Å². The second-order valence-electron chi connectivity index (χ2n) is 5.35. The van der Waals surface area contributed by atoms with Gasteiger partial charge in [-0.3, -0.25) is 9.58 Å². The van der Waals surface area contributed by atoms with Gasteiger partial charge in [0.05, 0.1) is 0 Å². The smallest absolute Gasteiger partial charge is 0.225 e. The number of piperazine rings is 1. The summed E-state index contributed by atoms with van der Waals surface area (Å²) in [6.07, 6.45) is 9.89. The van der Waals surface area contributed by atoms with E-state index in [9.17, 15) is 0 Å². The molecule has 21 heavy (non-hydrogen) atoms. The standard InChI is InChI=1S/C15H22N6/c1(2-9-21-10-4-7-18-21)8-19-11-13-20(14-12-19)15-16-5-3-6-17-15/h3-7,10H,1-2,8-9,11-14H2. The van der Waals surface area contributed by atoms with Crippen LogP contribution in [0.4, 0.5) is 5.95 Å². The zero-order valence-corrected chi connectivity index (χ0v) is 12.3. The van der Waals surface area contributed by atoms with E-state index in [2.05, 4.69) is 24.9 Å². The molecule has 0 atom stereocenters. The van der Waals surface area contributed by atoms with Gasteiger partial charge in [0.2, 0.25) is 5.95 Å². The van der Waals surface area contributed by atoms with Gasteiger partial charge in [-0.05, 0) is 31.5 Å². The van der Waals surface area contributed by atoms with E-state index in [0.29, 0.717) is 0 Å². The number of hydrogen-bond acceptors (Lipinski definition) is 5. The van der Waals surface area contributed by atoms with Gasteiger partial charge in [0.25, 0.3) is 0 Å². The van der Waals surface area contributed by atoms with Crippen molar-refractivity contribution in [1.82, 2.24) is 24.6 Å². The summed E-state index contributed by atoms with van der Waals surface area (Å²) in [5.74, 6) is 0.857. The van der Waals surface area contributed by atoms with Gasteiger partial charge >= 0.3 is 0 Å². The van der Waals surface area contributed by atoms with Crippen LogP contribution in [-0.4, -0.2) is 57.4 Å². The number of unbranched alkanes of at least 4 members (excludes halogenated alkanes) is 1. The van der Waals surface area contributed by atoms with Crippen LogP contribution < -0.4 is 4.90 Å². The molecule has 2 aromatic rings. The first-order valence-corrected chi connectivity index (χ1v) is 7.63. The highest BCUT2D eigenvalue weighted by Crippen LogP contribution is 2.10. The Bertz CT molecular complexity index is 504. The third kappa shape index (κ3) is 4.01. The van der Waals surface area contributed by atoms with Crippen molar-refractivity contribution in [1.29, 1.82) is 0 Å². The zero-order valence-electron chi connectivity index (χ0n) is 12.3. The molecule has 6 nitrogen and oxygen atoms in total. The van der Waals surface area contributed by atoms with Crippen molar-refractivity contribution in [2.75, 3.05) is 37.6 Å². The van der Waals surface area contributed by atoms with Gasteiger partial charge in [0, 0.05) is 57.5 Å². The molecule has 1 saturated heterocycles. The molecular formula is C15H22N6. The van der Waals surface area contributed by atoms with E-state index < -0.39 is 0 Å². The van der Waals surface area contributed by atoms with Crippen LogP contribution in [0.25, 0.3) is 0 Å². The van der Waals surface area contributed by atoms with Crippen LogP contribution in [0.2, 0.25) is 0 Å². The lowest BCUT2D eigenvalue weighted by Crippen LogP contribution is -2.47. The molecule has 6 heteroatoms. The molecule has 3 rings (SSSR count). The molecule has 1 aliphatic heterocycles. The Labute approximate surface area is 125 Å². The quantitative estimate of drug-likeness (QED) is 0.749. The third-order valence-corrected chi connectivity index (χ3v) is 3.88. The van der Waals surface area contributed by atoms with Crippen LogP contribution in [0.3, 0.4) is 0 Å². The van der Waals surface area contributed by atoms with E-state index >= 15 is 0 Å². The number of hydrogen-bond donors (Lipinski definition) is 0. The van der Waals surface area contributed by atoms with Gasteiger partial charge in [0.1, 0.15) is 0 Å². The fourth-order valence-electron chi connectivity index (χ4n) is 2.67. The second kappa shape index (κ2) is 7.17. The van der Waals surface area contributed by atoms with Crippen molar-refractivity contribution >= 4 is 5.95 Å². The number of aryl methyl sites for hydroxylation is 1. The SMILES string of the molecule is c1cnc(N2CCN(CCCCn3cccn3)CC2)nc1. The summed E-state index contributed by atoms with van der Waals surface area (Å²) in [4.78, 5) is 13.4. The normalized spacial score (nSPS) is 16.3. The Kier molecular flexibility index (Phi) is 4.78. The summed E-state index contributed by atoms with van der Waals surface area (Å²) in [5, 5.41) is 4.23. The Hall–Kier alpha value is -1.95. The minimum atomic E-state index is 0.857. The average molecular weight is 286 g/mol. The largest absolute Gasteiger partial charge is 0.338 e. The lowest BCUT2D eigenvalue weighted by atomic mass is 10.2. The summed E-state index contributed by atoms with van der Waals surface area (Å²) in [6.45, 7) is 6.42. The van der Waals surface area contributed by atoms with Crippen LogP contribution in [0.1, 0.15) is 12.8 Å². The first-order chi connectivity index (χ1) is 10.4. The lowest BCUT2D eigenvalue weighted by molar-refractivity contribution is 0.249. The first kappa shape index (κ1) is 14.0. The van der Waals surface area contributed by atoms with Crippen molar-refractivity contribution in [3.8, 4) is 0 Å². The molecule has 3 heterocycles. The Morgan fingerprint density at radius 3 is 2.33 bits per heavy atom. The molecule has 0 spiro atoms. The highest BCUT2D eigenvalue weighted by molar-refractivity contribution is 5.29. The zero-order chi connectivity index (χ0) is 14.3. The minimum Gasteiger partial charge on any atom is -0.338 e. The lowest BCUT2D eigenvalue weighted by Gasteiger charge is -2.34. The Morgan fingerprint density at radius 2 is 1.62 bits per heavy atom. The molecular weight excluding hydrogens is 264 g/mol. The maximum absolute atomic E-state index is 4.32. The molecule has 0 aliphatic carbocycles. The van der Waals surface area contributed by atoms with Crippen molar-refractivity contribution < 1.29 is 0 Å². The first-order valence-electron chi connectivity index (χ1n) is 7.63. The topological polar surface area (TPSA) is 50.1 Å². The Balaban J connectivity index is 1.34. The fraction of sp³-hybridized carbons (Fsp3) is 0.533. The predicted molar refractivity (Wildman–Crippen MR) is 82.1 cm³/mol. The third-order valence-electron chi connectivity index (χ3n) is 3.88. The fourth-order valence-corrected chi connectivity index (χ4v) is 2.67. The summed E-state index contributed by atoms with van der Waals surface area (Å²) in [5.41, 5.74) is 0. The van der Waals surface area contributed by atoms with Gasteiger partial charge in [-0.15, -0.1) is 0 Å². The van der Waals surface area contributed by atoms with E-state index in [1.807, 2.05) is 41.6 Å². The second-order valence-corrected chi connectivity index (χ2v) is 5.35. The Morgan fingerprint density at radius 1 is 0.857 bits per heavy atom. The van der Waals surface area contributed by atoms with Gasteiger partial charge < -0.3 is 4.90 Å². The minimum absolute atomic E-state index is 0.857. The number of nitrogens with zero attached hydrogens (tertiary/aromatic N) is 6.